The van der Waals surface area contributed by atoms with Crippen molar-refractivity contribution >= 4 is 5.78 Å². The molecule has 3 aromatic carbocycles. The van der Waals surface area contributed by atoms with Gasteiger partial charge in [-0.1, -0.05) is 90.5 Å². The van der Waals surface area contributed by atoms with Gasteiger partial charge in [-0.2, -0.15) is 0 Å². The van der Waals surface area contributed by atoms with Crippen LogP contribution in [0.5, 0.6) is 0 Å². The quantitative estimate of drug-likeness (QED) is 0.665. The maximum atomic E-state index is 13.1. The van der Waals surface area contributed by atoms with Gasteiger partial charge in [-0.3, -0.25) is 4.79 Å². The van der Waals surface area contributed by atoms with Crippen LogP contribution >= 0.6 is 0 Å². The van der Waals surface area contributed by atoms with E-state index < -0.39 is 5.60 Å². The maximum absolute atomic E-state index is 13.1. The van der Waals surface area contributed by atoms with Crippen LogP contribution in [0.1, 0.15) is 33.5 Å². The SMILES string of the molecule is Cc1ccc(CCC(O)(C(=O)c2ccccc2)c2ccccc2)cc1. The third kappa shape index (κ3) is 3.86. The van der Waals surface area contributed by atoms with Crippen LogP contribution in [0, 0.1) is 6.92 Å². The summed E-state index contributed by atoms with van der Waals surface area (Å²) >= 11 is 0. The maximum Gasteiger partial charge on any atom is 0.198 e. The molecule has 2 nitrogen and oxygen atoms in total. The molecule has 1 atom stereocenters. The standard InChI is InChI=1S/C23H22O2/c1-18-12-14-19(15-13-18)16-17-23(25,21-10-6-3-7-11-21)22(24)20-8-4-2-5-9-20/h2-15,25H,16-17H2,1H3. The molecule has 3 aromatic rings. The summed E-state index contributed by atoms with van der Waals surface area (Å²) in [4.78, 5) is 13.1. The number of carbonyl (C=O) groups is 1. The number of ketones is 1. The number of aryl methyl sites for hydroxylation is 2. The van der Waals surface area contributed by atoms with Gasteiger partial charge in [0.2, 0.25) is 0 Å². The Morgan fingerprint density at radius 1 is 0.840 bits per heavy atom. The van der Waals surface area contributed by atoms with E-state index >= 15 is 0 Å². The van der Waals surface area contributed by atoms with E-state index in [4.69, 9.17) is 0 Å². The molecule has 1 unspecified atom stereocenters. The molecule has 2 heteroatoms. The summed E-state index contributed by atoms with van der Waals surface area (Å²) in [7, 11) is 0. The predicted molar refractivity (Wildman–Crippen MR) is 101 cm³/mol. The second-order valence-electron chi connectivity index (χ2n) is 6.41. The van der Waals surface area contributed by atoms with E-state index in [0.717, 1.165) is 5.56 Å². The Morgan fingerprint density at radius 2 is 1.40 bits per heavy atom. The van der Waals surface area contributed by atoms with E-state index in [2.05, 4.69) is 12.1 Å². The summed E-state index contributed by atoms with van der Waals surface area (Å²) in [5.74, 6) is -0.258. The zero-order valence-electron chi connectivity index (χ0n) is 14.4. The molecule has 3 rings (SSSR count). The molecule has 0 heterocycles. The molecule has 0 fully saturated rings. The molecular weight excluding hydrogens is 308 g/mol. The summed E-state index contributed by atoms with van der Waals surface area (Å²) in [6, 6.07) is 26.4. The first-order chi connectivity index (χ1) is 12.1. The van der Waals surface area contributed by atoms with Crippen molar-refractivity contribution in [3.05, 3.63) is 107 Å². The van der Waals surface area contributed by atoms with Gasteiger partial charge in [0.1, 0.15) is 0 Å². The van der Waals surface area contributed by atoms with Gasteiger partial charge in [0, 0.05) is 5.56 Å². The van der Waals surface area contributed by atoms with Gasteiger partial charge < -0.3 is 5.11 Å². The highest BCUT2D eigenvalue weighted by Gasteiger charge is 2.37. The Bertz CT molecular complexity index is 823. The first-order valence-electron chi connectivity index (χ1n) is 8.53. The number of hydrogen-bond donors (Lipinski definition) is 1. The van der Waals surface area contributed by atoms with E-state index in [-0.39, 0.29) is 5.78 Å². The molecule has 0 bridgehead atoms. The Hall–Kier alpha value is -2.71. The minimum atomic E-state index is -1.53. The highest BCUT2D eigenvalue weighted by molar-refractivity contribution is 6.02. The van der Waals surface area contributed by atoms with Crippen LogP contribution in [0.25, 0.3) is 0 Å². The van der Waals surface area contributed by atoms with Crippen LogP contribution in [-0.2, 0) is 12.0 Å². The van der Waals surface area contributed by atoms with E-state index in [9.17, 15) is 9.90 Å². The van der Waals surface area contributed by atoms with Crippen LogP contribution in [0.4, 0.5) is 0 Å². The number of rotatable bonds is 6. The fraction of sp³-hybridized carbons (Fsp3) is 0.174. The number of hydrogen-bond acceptors (Lipinski definition) is 2. The predicted octanol–water partition coefficient (Wildman–Crippen LogP) is 4.70. The van der Waals surface area contributed by atoms with Crippen molar-refractivity contribution in [2.75, 3.05) is 0 Å². The largest absolute Gasteiger partial charge is 0.377 e. The van der Waals surface area contributed by atoms with Crippen LogP contribution in [0.2, 0.25) is 0 Å². The van der Waals surface area contributed by atoms with Gasteiger partial charge in [-0.05, 0) is 30.9 Å². The third-order valence-electron chi connectivity index (χ3n) is 4.56. The minimum Gasteiger partial charge on any atom is -0.377 e. The molecular formula is C23H22O2. The minimum absolute atomic E-state index is 0.258. The van der Waals surface area contributed by atoms with Gasteiger partial charge in [-0.15, -0.1) is 0 Å². The van der Waals surface area contributed by atoms with Crippen molar-refractivity contribution in [2.24, 2.45) is 0 Å². The summed E-state index contributed by atoms with van der Waals surface area (Å²) < 4.78 is 0. The molecule has 0 saturated heterocycles. The highest BCUT2D eigenvalue weighted by atomic mass is 16.3. The summed E-state index contributed by atoms with van der Waals surface area (Å²) in [6.07, 6.45) is 0.970. The molecule has 0 aliphatic carbocycles. The summed E-state index contributed by atoms with van der Waals surface area (Å²) in [6.45, 7) is 2.04. The summed E-state index contributed by atoms with van der Waals surface area (Å²) in [5, 5.41) is 11.4. The molecule has 0 aliphatic rings. The summed E-state index contributed by atoms with van der Waals surface area (Å²) in [5.41, 5.74) is 1.94. The lowest BCUT2D eigenvalue weighted by Crippen LogP contribution is -2.36. The smallest absolute Gasteiger partial charge is 0.198 e. The lowest BCUT2D eigenvalue weighted by Gasteiger charge is -2.27. The van der Waals surface area contributed by atoms with Gasteiger partial charge in [-0.25, -0.2) is 0 Å². The van der Waals surface area contributed by atoms with E-state index in [1.807, 2.05) is 67.6 Å². The van der Waals surface area contributed by atoms with Crippen molar-refractivity contribution < 1.29 is 9.90 Å². The van der Waals surface area contributed by atoms with Crippen molar-refractivity contribution in [3.8, 4) is 0 Å². The number of carbonyl (C=O) groups excluding carboxylic acids is 1. The normalized spacial score (nSPS) is 13.2. The van der Waals surface area contributed by atoms with Crippen LogP contribution in [0.3, 0.4) is 0 Å². The Kier molecular flexibility index (Phi) is 5.11. The molecule has 0 aliphatic heterocycles. The van der Waals surface area contributed by atoms with E-state index in [0.29, 0.717) is 24.0 Å². The van der Waals surface area contributed by atoms with Crippen molar-refractivity contribution in [1.82, 2.24) is 0 Å². The zero-order valence-corrected chi connectivity index (χ0v) is 14.4. The van der Waals surface area contributed by atoms with Crippen molar-refractivity contribution in [1.29, 1.82) is 0 Å². The molecule has 0 spiro atoms. The number of benzene rings is 3. The lowest BCUT2D eigenvalue weighted by molar-refractivity contribution is 0.0253. The fourth-order valence-electron chi connectivity index (χ4n) is 3.01. The Labute approximate surface area is 148 Å². The van der Waals surface area contributed by atoms with E-state index in [1.54, 1.807) is 12.1 Å². The number of Topliss-reactive ketones (excluding diaryl/α,β-unsaturated/α-hetero) is 1. The van der Waals surface area contributed by atoms with Gasteiger partial charge in [0.05, 0.1) is 0 Å². The van der Waals surface area contributed by atoms with Crippen molar-refractivity contribution in [2.45, 2.75) is 25.4 Å². The third-order valence-corrected chi connectivity index (χ3v) is 4.56. The Morgan fingerprint density at radius 3 is 2.00 bits per heavy atom. The topological polar surface area (TPSA) is 37.3 Å². The highest BCUT2D eigenvalue weighted by Crippen LogP contribution is 2.31. The second-order valence-corrected chi connectivity index (χ2v) is 6.41. The van der Waals surface area contributed by atoms with Crippen molar-refractivity contribution in [3.63, 3.8) is 0 Å². The van der Waals surface area contributed by atoms with Gasteiger partial charge in [0.25, 0.3) is 0 Å². The van der Waals surface area contributed by atoms with Gasteiger partial charge >= 0.3 is 0 Å². The molecule has 0 radical (unpaired) electrons. The van der Waals surface area contributed by atoms with Gasteiger partial charge in [0.15, 0.2) is 11.4 Å². The molecule has 0 saturated carbocycles. The molecule has 0 amide bonds. The lowest BCUT2D eigenvalue weighted by atomic mass is 9.81. The van der Waals surface area contributed by atoms with Crippen LogP contribution in [-0.4, -0.2) is 10.9 Å². The average molecular weight is 330 g/mol. The fourth-order valence-corrected chi connectivity index (χ4v) is 3.01. The Balaban J connectivity index is 1.92. The monoisotopic (exact) mass is 330 g/mol. The zero-order chi connectivity index (χ0) is 17.7. The number of aliphatic hydroxyl groups is 1. The van der Waals surface area contributed by atoms with Crippen LogP contribution in [0.15, 0.2) is 84.9 Å². The van der Waals surface area contributed by atoms with Crippen LogP contribution < -0.4 is 0 Å². The average Bonchev–Trinajstić information content (AvgIpc) is 2.68. The first-order valence-corrected chi connectivity index (χ1v) is 8.53. The molecule has 0 aromatic heterocycles. The molecule has 25 heavy (non-hydrogen) atoms. The van der Waals surface area contributed by atoms with E-state index in [1.165, 1.54) is 5.56 Å². The first kappa shape index (κ1) is 17.1. The molecule has 126 valence electrons. The second kappa shape index (κ2) is 7.45. The molecule has 1 N–H and O–H groups in total.